The molecule has 2 amide bonds. The normalized spacial score (nSPS) is 16.1. The van der Waals surface area contributed by atoms with Crippen LogP contribution < -0.4 is 10.6 Å². The quantitative estimate of drug-likeness (QED) is 0.706. The number of anilines is 1. The van der Waals surface area contributed by atoms with E-state index in [0.29, 0.717) is 11.7 Å². The lowest BCUT2D eigenvalue weighted by Crippen LogP contribution is -2.34. The first-order valence-electron chi connectivity index (χ1n) is 9.15. The van der Waals surface area contributed by atoms with Crippen molar-refractivity contribution in [3.8, 4) is 0 Å². The van der Waals surface area contributed by atoms with Crippen LogP contribution in [0.3, 0.4) is 0 Å². The molecule has 7 heteroatoms. The van der Waals surface area contributed by atoms with Gasteiger partial charge >= 0.3 is 6.09 Å². The molecule has 0 atom stereocenters. The maximum Gasteiger partial charge on any atom is 0.407 e. The van der Waals surface area contributed by atoms with Crippen molar-refractivity contribution < 1.29 is 14.3 Å². The van der Waals surface area contributed by atoms with E-state index in [0.717, 1.165) is 5.69 Å². The van der Waals surface area contributed by atoms with Gasteiger partial charge in [0.1, 0.15) is 5.60 Å². The monoisotopic (exact) mass is 350 g/mol. The Labute approximate surface area is 149 Å². The van der Waals surface area contributed by atoms with Gasteiger partial charge < -0.3 is 15.4 Å². The average Bonchev–Trinajstić information content (AvgIpc) is 2.79. The zero-order chi connectivity index (χ0) is 18.3. The van der Waals surface area contributed by atoms with Gasteiger partial charge in [0.2, 0.25) is 5.91 Å². The zero-order valence-electron chi connectivity index (χ0n) is 15.5. The standard InChI is InChI=1S/C18H30N4O3/c1-18(2,3)25-17(24)19-11-10-16(23)20-15-12-14(21-22-15)13-8-6-4-5-7-9-13/h12-13H,4-11H2,1-3H3,(H,19,24)(H2,20,21,22,23). The van der Waals surface area contributed by atoms with Crippen LogP contribution in [0, 0.1) is 0 Å². The Kier molecular flexibility index (Phi) is 6.84. The first-order chi connectivity index (χ1) is 11.8. The summed E-state index contributed by atoms with van der Waals surface area (Å²) in [4.78, 5) is 23.5. The number of H-pyrrole nitrogens is 1. The van der Waals surface area contributed by atoms with Crippen molar-refractivity contribution in [3.63, 3.8) is 0 Å². The number of aromatic nitrogens is 2. The number of aromatic amines is 1. The van der Waals surface area contributed by atoms with E-state index in [1.807, 2.05) is 6.07 Å². The summed E-state index contributed by atoms with van der Waals surface area (Å²) in [5.74, 6) is 0.867. The van der Waals surface area contributed by atoms with Crippen molar-refractivity contribution in [2.24, 2.45) is 0 Å². The third-order valence-electron chi connectivity index (χ3n) is 4.18. The van der Waals surface area contributed by atoms with Gasteiger partial charge in [-0.25, -0.2) is 4.79 Å². The van der Waals surface area contributed by atoms with Crippen LogP contribution in [-0.2, 0) is 9.53 Å². The Hall–Kier alpha value is -2.05. The largest absolute Gasteiger partial charge is 0.444 e. The minimum Gasteiger partial charge on any atom is -0.444 e. The molecule has 2 rings (SSSR count). The highest BCUT2D eigenvalue weighted by Gasteiger charge is 2.18. The summed E-state index contributed by atoms with van der Waals surface area (Å²) in [5.41, 5.74) is 0.555. The van der Waals surface area contributed by atoms with Crippen LogP contribution in [0.1, 0.15) is 77.3 Å². The predicted octanol–water partition coefficient (Wildman–Crippen LogP) is 3.70. The molecule has 0 unspecified atom stereocenters. The Balaban J connectivity index is 1.73. The van der Waals surface area contributed by atoms with Gasteiger partial charge in [0.05, 0.1) is 0 Å². The van der Waals surface area contributed by atoms with Crippen LogP contribution in [0.25, 0.3) is 0 Å². The molecular weight excluding hydrogens is 320 g/mol. The molecule has 1 aliphatic rings. The number of carbonyl (C=O) groups is 2. The van der Waals surface area contributed by atoms with E-state index in [1.165, 1.54) is 38.5 Å². The van der Waals surface area contributed by atoms with E-state index >= 15 is 0 Å². The molecule has 25 heavy (non-hydrogen) atoms. The summed E-state index contributed by atoms with van der Waals surface area (Å²) < 4.78 is 5.12. The number of alkyl carbamates (subject to hydrolysis) is 1. The van der Waals surface area contributed by atoms with Gasteiger partial charge in [-0.05, 0) is 33.6 Å². The third kappa shape index (κ3) is 7.15. The summed E-state index contributed by atoms with van der Waals surface area (Å²) in [6.07, 6.45) is 7.12. The number of nitrogens with one attached hydrogen (secondary N) is 3. The Morgan fingerprint density at radius 2 is 1.92 bits per heavy atom. The Morgan fingerprint density at radius 1 is 1.24 bits per heavy atom. The van der Waals surface area contributed by atoms with Gasteiger partial charge in [-0.3, -0.25) is 9.89 Å². The van der Waals surface area contributed by atoms with Gasteiger partial charge in [0.15, 0.2) is 5.82 Å². The molecule has 1 saturated carbocycles. The number of ether oxygens (including phenoxy) is 1. The molecular formula is C18H30N4O3. The van der Waals surface area contributed by atoms with Gasteiger partial charge in [-0.1, -0.05) is 25.7 Å². The van der Waals surface area contributed by atoms with E-state index < -0.39 is 11.7 Å². The minimum absolute atomic E-state index is 0.171. The van der Waals surface area contributed by atoms with Crippen molar-refractivity contribution in [1.29, 1.82) is 0 Å². The molecule has 0 aromatic carbocycles. The maximum atomic E-state index is 12.0. The number of amides is 2. The molecule has 0 radical (unpaired) electrons. The molecule has 0 bridgehead atoms. The summed E-state index contributed by atoms with van der Waals surface area (Å²) >= 11 is 0. The van der Waals surface area contributed by atoms with E-state index in [9.17, 15) is 9.59 Å². The third-order valence-corrected chi connectivity index (χ3v) is 4.18. The average molecular weight is 350 g/mol. The summed E-state index contributed by atoms with van der Waals surface area (Å²) in [6, 6.07) is 1.93. The Bertz CT molecular complexity index is 569. The van der Waals surface area contributed by atoms with E-state index in [-0.39, 0.29) is 18.9 Å². The first kappa shape index (κ1) is 19.3. The molecule has 0 aliphatic heterocycles. The van der Waals surface area contributed by atoms with Gasteiger partial charge in [0, 0.05) is 30.6 Å². The lowest BCUT2D eigenvalue weighted by Gasteiger charge is -2.19. The lowest BCUT2D eigenvalue weighted by molar-refractivity contribution is -0.116. The van der Waals surface area contributed by atoms with E-state index in [4.69, 9.17) is 4.74 Å². The number of hydrogen-bond acceptors (Lipinski definition) is 4. The zero-order valence-corrected chi connectivity index (χ0v) is 15.5. The van der Waals surface area contributed by atoms with Crippen molar-refractivity contribution in [2.75, 3.05) is 11.9 Å². The fraction of sp³-hybridized carbons (Fsp3) is 0.722. The van der Waals surface area contributed by atoms with Crippen LogP contribution in [0.5, 0.6) is 0 Å². The molecule has 0 saturated heterocycles. The Morgan fingerprint density at radius 3 is 2.56 bits per heavy atom. The fourth-order valence-corrected chi connectivity index (χ4v) is 3.00. The van der Waals surface area contributed by atoms with Crippen molar-refractivity contribution >= 4 is 17.8 Å². The SMILES string of the molecule is CC(C)(C)OC(=O)NCCC(=O)Nc1cc(C2CCCCCC2)[nH]n1. The topological polar surface area (TPSA) is 96.1 Å². The number of rotatable bonds is 5. The maximum absolute atomic E-state index is 12.0. The molecule has 0 spiro atoms. The molecule has 1 aliphatic carbocycles. The lowest BCUT2D eigenvalue weighted by atomic mass is 9.97. The van der Waals surface area contributed by atoms with Crippen molar-refractivity contribution in [1.82, 2.24) is 15.5 Å². The summed E-state index contributed by atoms with van der Waals surface area (Å²) in [7, 11) is 0. The molecule has 3 N–H and O–H groups in total. The molecule has 7 nitrogen and oxygen atoms in total. The highest BCUT2D eigenvalue weighted by molar-refractivity contribution is 5.90. The van der Waals surface area contributed by atoms with Crippen LogP contribution in [-0.4, -0.2) is 34.3 Å². The van der Waals surface area contributed by atoms with Crippen molar-refractivity contribution in [2.45, 2.75) is 77.2 Å². The minimum atomic E-state index is -0.546. The second-order valence-corrected chi connectivity index (χ2v) is 7.62. The van der Waals surface area contributed by atoms with Crippen LogP contribution >= 0.6 is 0 Å². The first-order valence-corrected chi connectivity index (χ1v) is 9.15. The van der Waals surface area contributed by atoms with Gasteiger partial charge in [-0.2, -0.15) is 5.10 Å². The van der Waals surface area contributed by atoms with Gasteiger partial charge in [0.25, 0.3) is 0 Å². The van der Waals surface area contributed by atoms with Crippen LogP contribution in [0.15, 0.2) is 6.07 Å². The van der Waals surface area contributed by atoms with Crippen LogP contribution in [0.2, 0.25) is 0 Å². The molecule has 1 heterocycles. The smallest absolute Gasteiger partial charge is 0.407 e. The van der Waals surface area contributed by atoms with Gasteiger partial charge in [-0.15, -0.1) is 0 Å². The van der Waals surface area contributed by atoms with E-state index in [1.54, 1.807) is 20.8 Å². The molecule has 1 fully saturated rings. The molecule has 1 aromatic heterocycles. The summed E-state index contributed by atoms with van der Waals surface area (Å²) in [6.45, 7) is 5.61. The predicted molar refractivity (Wildman–Crippen MR) is 96.5 cm³/mol. The molecule has 140 valence electrons. The molecule has 1 aromatic rings. The van der Waals surface area contributed by atoms with Crippen LogP contribution in [0.4, 0.5) is 10.6 Å². The number of carbonyl (C=O) groups excluding carboxylic acids is 2. The fourth-order valence-electron chi connectivity index (χ4n) is 3.00. The second-order valence-electron chi connectivity index (χ2n) is 7.62. The van der Waals surface area contributed by atoms with Crippen molar-refractivity contribution in [3.05, 3.63) is 11.8 Å². The second kappa shape index (κ2) is 8.87. The highest BCUT2D eigenvalue weighted by atomic mass is 16.6. The van der Waals surface area contributed by atoms with E-state index in [2.05, 4.69) is 20.8 Å². The summed E-state index contributed by atoms with van der Waals surface area (Å²) in [5, 5.41) is 12.6. The highest BCUT2D eigenvalue weighted by Crippen LogP contribution is 2.31. The number of hydrogen-bond donors (Lipinski definition) is 3. The number of nitrogens with zero attached hydrogens (tertiary/aromatic N) is 1.